The number of carbonyl (C=O) groups is 3. The van der Waals surface area contributed by atoms with Gasteiger partial charge in [0.25, 0.3) is 0 Å². The predicted molar refractivity (Wildman–Crippen MR) is 289 cm³/mol. The monoisotopic (exact) mass is 947 g/mol. The molecule has 0 radical (unpaired) electrons. The van der Waals surface area contributed by atoms with E-state index in [0.29, 0.717) is 19.3 Å². The van der Waals surface area contributed by atoms with Crippen LogP contribution in [0.5, 0.6) is 0 Å². The standard InChI is InChI=1S/C61H118O6/c1-6-8-9-10-11-12-13-14-15-16-17-21-26-31-36-41-46-51-59(62)65-54-58(55-66-60(63)52-47-42-37-32-28-23-24-29-34-39-44-49-56(3)4)67-61(64)53-48-43-38-33-27-22-19-18-20-25-30-35-40-45-50-57(5)7-2/h56-58H,6-55H2,1-5H3/t57?,58-/m1/s1. The van der Waals surface area contributed by atoms with Crippen LogP contribution >= 0.6 is 0 Å². The summed E-state index contributed by atoms with van der Waals surface area (Å²) in [5.41, 5.74) is 0. The Kier molecular flexibility index (Phi) is 52.5. The first-order valence-electron chi connectivity index (χ1n) is 30.3. The fraction of sp³-hybridized carbons (Fsp3) is 0.951. The minimum atomic E-state index is -0.763. The molecule has 0 heterocycles. The van der Waals surface area contributed by atoms with Gasteiger partial charge in [-0.05, 0) is 31.1 Å². The summed E-state index contributed by atoms with van der Waals surface area (Å²) < 4.78 is 16.9. The number of ether oxygens (including phenoxy) is 3. The lowest BCUT2D eigenvalue weighted by Gasteiger charge is -2.18. The van der Waals surface area contributed by atoms with Gasteiger partial charge < -0.3 is 14.2 Å². The van der Waals surface area contributed by atoms with Crippen LogP contribution in [0.2, 0.25) is 0 Å². The highest BCUT2D eigenvalue weighted by Gasteiger charge is 2.19. The van der Waals surface area contributed by atoms with Crippen LogP contribution in [0.3, 0.4) is 0 Å². The predicted octanol–water partition coefficient (Wildman–Crippen LogP) is 20.0. The van der Waals surface area contributed by atoms with E-state index in [1.807, 2.05) is 0 Å². The van der Waals surface area contributed by atoms with Crippen LogP contribution in [0, 0.1) is 11.8 Å². The molecular formula is C61H118O6. The topological polar surface area (TPSA) is 78.9 Å². The van der Waals surface area contributed by atoms with Gasteiger partial charge in [-0.3, -0.25) is 14.4 Å². The number of hydrogen-bond donors (Lipinski definition) is 0. The Morgan fingerprint density at radius 3 is 0.851 bits per heavy atom. The van der Waals surface area contributed by atoms with E-state index >= 15 is 0 Å². The summed E-state index contributed by atoms with van der Waals surface area (Å²) in [6.45, 7) is 11.5. The highest BCUT2D eigenvalue weighted by molar-refractivity contribution is 5.71. The molecule has 0 aromatic carbocycles. The van der Waals surface area contributed by atoms with Crippen LogP contribution < -0.4 is 0 Å². The van der Waals surface area contributed by atoms with Gasteiger partial charge in [-0.15, -0.1) is 0 Å². The lowest BCUT2D eigenvalue weighted by atomic mass is 9.99. The third-order valence-corrected chi connectivity index (χ3v) is 14.3. The van der Waals surface area contributed by atoms with Gasteiger partial charge in [0.1, 0.15) is 13.2 Å². The molecule has 1 unspecified atom stereocenters. The molecule has 398 valence electrons. The second-order valence-corrected chi connectivity index (χ2v) is 21.7. The van der Waals surface area contributed by atoms with Crippen molar-refractivity contribution >= 4 is 17.9 Å². The average molecular weight is 948 g/mol. The van der Waals surface area contributed by atoms with Gasteiger partial charge in [-0.2, -0.15) is 0 Å². The van der Waals surface area contributed by atoms with Crippen molar-refractivity contribution in [2.45, 2.75) is 349 Å². The molecule has 0 aliphatic heterocycles. The minimum absolute atomic E-state index is 0.0624. The first-order valence-corrected chi connectivity index (χ1v) is 30.3. The van der Waals surface area contributed by atoms with Gasteiger partial charge in [0.15, 0.2) is 6.10 Å². The zero-order chi connectivity index (χ0) is 48.9. The van der Waals surface area contributed by atoms with Gasteiger partial charge in [0.05, 0.1) is 0 Å². The van der Waals surface area contributed by atoms with Gasteiger partial charge in [-0.25, -0.2) is 0 Å². The Labute approximate surface area is 418 Å². The largest absolute Gasteiger partial charge is 0.462 e. The summed E-state index contributed by atoms with van der Waals surface area (Å²) in [4.78, 5) is 38.2. The second-order valence-electron chi connectivity index (χ2n) is 21.7. The van der Waals surface area contributed by atoms with Gasteiger partial charge >= 0.3 is 17.9 Å². The molecular weight excluding hydrogens is 829 g/mol. The third kappa shape index (κ3) is 53.6. The molecule has 0 saturated heterocycles. The molecule has 0 aromatic rings. The van der Waals surface area contributed by atoms with Crippen molar-refractivity contribution in [2.24, 2.45) is 11.8 Å². The smallest absolute Gasteiger partial charge is 0.306 e. The van der Waals surface area contributed by atoms with Crippen LogP contribution in [0.1, 0.15) is 343 Å². The normalized spacial score (nSPS) is 12.4. The molecule has 0 amide bonds. The first kappa shape index (κ1) is 65.4. The molecule has 0 saturated carbocycles. The Morgan fingerprint density at radius 1 is 0.313 bits per heavy atom. The molecule has 0 aromatic heterocycles. The van der Waals surface area contributed by atoms with Crippen molar-refractivity contribution in [3.63, 3.8) is 0 Å². The van der Waals surface area contributed by atoms with E-state index < -0.39 is 6.10 Å². The van der Waals surface area contributed by atoms with Gasteiger partial charge in [-0.1, -0.05) is 304 Å². The van der Waals surface area contributed by atoms with E-state index in [4.69, 9.17) is 14.2 Å². The van der Waals surface area contributed by atoms with E-state index in [1.54, 1.807) is 0 Å². The number of carbonyl (C=O) groups excluding carboxylic acids is 3. The van der Waals surface area contributed by atoms with Crippen molar-refractivity contribution in [3.05, 3.63) is 0 Å². The highest BCUT2D eigenvalue weighted by Crippen LogP contribution is 2.19. The molecule has 0 aliphatic rings. The summed E-state index contributed by atoms with van der Waals surface area (Å²) in [6, 6.07) is 0. The van der Waals surface area contributed by atoms with Crippen LogP contribution in [0.4, 0.5) is 0 Å². The Hall–Kier alpha value is -1.59. The Morgan fingerprint density at radius 2 is 0.567 bits per heavy atom. The van der Waals surface area contributed by atoms with E-state index in [9.17, 15) is 14.4 Å². The molecule has 0 bridgehead atoms. The summed E-state index contributed by atoms with van der Waals surface area (Å²) >= 11 is 0. The third-order valence-electron chi connectivity index (χ3n) is 14.3. The molecule has 6 nitrogen and oxygen atoms in total. The maximum atomic E-state index is 12.9. The zero-order valence-corrected chi connectivity index (χ0v) is 46.0. The quantitative estimate of drug-likeness (QED) is 0.0343. The molecule has 6 heteroatoms. The maximum Gasteiger partial charge on any atom is 0.306 e. The minimum Gasteiger partial charge on any atom is -0.462 e. The van der Waals surface area contributed by atoms with Crippen LogP contribution in [0.25, 0.3) is 0 Å². The van der Waals surface area contributed by atoms with Crippen molar-refractivity contribution < 1.29 is 28.6 Å². The highest BCUT2D eigenvalue weighted by atomic mass is 16.6. The summed E-state index contributed by atoms with van der Waals surface area (Å²) in [6.07, 6.45) is 58.0. The molecule has 2 atom stereocenters. The first-order chi connectivity index (χ1) is 32.8. The molecule has 0 aliphatic carbocycles. The van der Waals surface area contributed by atoms with Crippen molar-refractivity contribution in [3.8, 4) is 0 Å². The fourth-order valence-corrected chi connectivity index (χ4v) is 9.37. The van der Waals surface area contributed by atoms with E-state index in [2.05, 4.69) is 34.6 Å². The van der Waals surface area contributed by atoms with Crippen molar-refractivity contribution in [1.29, 1.82) is 0 Å². The average Bonchev–Trinajstić information content (AvgIpc) is 3.31. The number of esters is 3. The molecule has 0 N–H and O–H groups in total. The molecule has 0 fully saturated rings. The maximum absolute atomic E-state index is 12.9. The zero-order valence-electron chi connectivity index (χ0n) is 46.0. The lowest BCUT2D eigenvalue weighted by Crippen LogP contribution is -2.30. The number of rotatable bonds is 55. The van der Waals surface area contributed by atoms with Gasteiger partial charge in [0, 0.05) is 19.3 Å². The summed E-state index contributed by atoms with van der Waals surface area (Å²) in [5.74, 6) is 0.885. The summed E-state index contributed by atoms with van der Waals surface area (Å²) in [5, 5.41) is 0. The second kappa shape index (κ2) is 53.8. The van der Waals surface area contributed by atoms with Crippen LogP contribution in [-0.2, 0) is 28.6 Å². The van der Waals surface area contributed by atoms with Gasteiger partial charge in [0.2, 0.25) is 0 Å². The fourth-order valence-electron chi connectivity index (χ4n) is 9.37. The van der Waals surface area contributed by atoms with Crippen molar-refractivity contribution in [2.75, 3.05) is 13.2 Å². The summed E-state index contributed by atoms with van der Waals surface area (Å²) in [7, 11) is 0. The molecule has 0 spiro atoms. The van der Waals surface area contributed by atoms with E-state index in [0.717, 1.165) is 69.6 Å². The SMILES string of the molecule is CCCCCCCCCCCCCCCCCCCC(=O)OC[C@H](COC(=O)CCCCCCCCCCCCCC(C)C)OC(=O)CCCCCCCCCCCCCCCCC(C)CC. The van der Waals surface area contributed by atoms with E-state index in [-0.39, 0.29) is 31.1 Å². The molecule has 67 heavy (non-hydrogen) atoms. The number of unbranched alkanes of at least 4 members (excludes halogenated alkanes) is 39. The van der Waals surface area contributed by atoms with Crippen LogP contribution in [0.15, 0.2) is 0 Å². The lowest BCUT2D eigenvalue weighted by molar-refractivity contribution is -0.167. The Balaban J connectivity index is 4.30. The van der Waals surface area contributed by atoms with Crippen LogP contribution in [-0.4, -0.2) is 37.2 Å². The Bertz CT molecular complexity index is 1030. The number of hydrogen-bond acceptors (Lipinski definition) is 6. The van der Waals surface area contributed by atoms with E-state index in [1.165, 1.54) is 231 Å². The molecule has 0 rings (SSSR count). The van der Waals surface area contributed by atoms with Crippen molar-refractivity contribution in [1.82, 2.24) is 0 Å².